The quantitative estimate of drug-likeness (QED) is 0.609. The van der Waals surface area contributed by atoms with Gasteiger partial charge in [0.25, 0.3) is 5.91 Å². The molecule has 0 saturated carbocycles. The molecule has 0 radical (unpaired) electrons. The maximum absolute atomic E-state index is 13.4. The number of amides is 2. The van der Waals surface area contributed by atoms with Crippen molar-refractivity contribution in [1.29, 1.82) is 0 Å². The van der Waals surface area contributed by atoms with Crippen molar-refractivity contribution in [3.63, 3.8) is 0 Å². The van der Waals surface area contributed by atoms with E-state index in [1.807, 2.05) is 18.2 Å². The van der Waals surface area contributed by atoms with Crippen LogP contribution in [0.3, 0.4) is 0 Å². The fraction of sp³-hybridized carbons (Fsp3) is 0.444. The summed E-state index contributed by atoms with van der Waals surface area (Å²) in [5.74, 6) is 1.61. The summed E-state index contributed by atoms with van der Waals surface area (Å²) in [7, 11) is 0. The normalized spacial score (nSPS) is 26.0. The molecule has 0 aliphatic carbocycles. The van der Waals surface area contributed by atoms with Gasteiger partial charge in [0.05, 0.1) is 31.3 Å². The molecule has 2 amide bonds. The summed E-state index contributed by atoms with van der Waals surface area (Å²) in [6, 6.07) is 11.2. The molecule has 3 N–H and O–H groups in total. The summed E-state index contributed by atoms with van der Waals surface area (Å²) in [5, 5.41) is 3.21. The largest absolute Gasteiger partial charge is 0.493 e. The zero-order valence-corrected chi connectivity index (χ0v) is 19.7. The smallest absolute Gasteiger partial charge is 0.251 e. The first-order valence-electron chi connectivity index (χ1n) is 12.6. The molecule has 7 rings (SSSR count). The molecule has 0 aromatic heterocycles. The Balaban J connectivity index is 1.40. The second-order valence-electron chi connectivity index (χ2n) is 9.80. The first-order chi connectivity index (χ1) is 17.1. The predicted octanol–water partition coefficient (Wildman–Crippen LogP) is 3.41. The predicted molar refractivity (Wildman–Crippen MR) is 130 cm³/mol. The number of aryl methyl sites for hydroxylation is 1. The van der Waals surface area contributed by atoms with Gasteiger partial charge in [0.15, 0.2) is 5.96 Å². The van der Waals surface area contributed by atoms with Crippen LogP contribution in [0.4, 0.5) is 0 Å². The maximum Gasteiger partial charge on any atom is 0.251 e. The molecule has 5 aliphatic heterocycles. The Morgan fingerprint density at radius 1 is 0.943 bits per heavy atom. The van der Waals surface area contributed by atoms with E-state index < -0.39 is 0 Å². The number of carbonyl (C=O) groups excluding carboxylic acids is 2. The SMILES string of the molecule is NC1=NC2CCCCc3ccc4c(c3)C(CCO4)NC(=O)c3ccc4c(c3)[C@@H](CCO4)N1C(=O)C2. The number of nitrogens with zero attached hydrogens (tertiary/aromatic N) is 2. The number of carbonyl (C=O) groups is 2. The van der Waals surface area contributed by atoms with E-state index >= 15 is 0 Å². The number of aliphatic imine (C=N–C) groups is 1. The third-order valence-electron chi connectivity index (χ3n) is 7.50. The maximum atomic E-state index is 13.4. The van der Waals surface area contributed by atoms with E-state index in [0.717, 1.165) is 49.0 Å². The molecular weight excluding hydrogens is 444 g/mol. The molecule has 0 fully saturated rings. The Labute approximate surface area is 204 Å². The topological polar surface area (TPSA) is 106 Å². The van der Waals surface area contributed by atoms with Gasteiger partial charge in [-0.15, -0.1) is 0 Å². The van der Waals surface area contributed by atoms with Gasteiger partial charge in [-0.1, -0.05) is 18.6 Å². The number of benzene rings is 2. The van der Waals surface area contributed by atoms with Gasteiger partial charge in [0.1, 0.15) is 11.5 Å². The third-order valence-corrected chi connectivity index (χ3v) is 7.50. The van der Waals surface area contributed by atoms with Crippen LogP contribution in [-0.4, -0.2) is 41.9 Å². The highest BCUT2D eigenvalue weighted by Gasteiger charge is 2.37. The molecule has 6 bridgehead atoms. The van der Waals surface area contributed by atoms with Crippen LogP contribution >= 0.6 is 0 Å². The lowest BCUT2D eigenvalue weighted by atomic mass is 9.93. The van der Waals surface area contributed by atoms with Crippen molar-refractivity contribution in [2.75, 3.05) is 13.2 Å². The van der Waals surface area contributed by atoms with Gasteiger partial charge in [-0.2, -0.15) is 0 Å². The number of hydrogen-bond acceptors (Lipinski definition) is 6. The fourth-order valence-electron chi connectivity index (χ4n) is 5.71. The van der Waals surface area contributed by atoms with E-state index in [0.29, 0.717) is 37.4 Å². The average molecular weight is 475 g/mol. The van der Waals surface area contributed by atoms with E-state index in [1.165, 1.54) is 5.56 Å². The minimum absolute atomic E-state index is 0.0150. The number of nitrogens with one attached hydrogen (secondary N) is 1. The van der Waals surface area contributed by atoms with Crippen molar-refractivity contribution in [3.8, 4) is 11.5 Å². The second kappa shape index (κ2) is 8.91. The van der Waals surface area contributed by atoms with Crippen LogP contribution in [0, 0.1) is 0 Å². The van der Waals surface area contributed by atoms with Gasteiger partial charge in [-0.25, -0.2) is 4.99 Å². The summed E-state index contributed by atoms with van der Waals surface area (Å²) < 4.78 is 11.7. The standard InChI is InChI=1S/C27H30N4O4/c28-27-29-18-4-2-1-3-16-5-7-23-19(13-16)21(9-11-34-23)30-26(33)17-6-8-24-20(14-17)22(10-12-35-24)31(27)25(32)15-18/h5-8,13-14,18,21-22H,1-4,9-12,15H2,(H2,28,29)(H,30,33)/t18?,21?,22-/m1/s1. The zero-order valence-electron chi connectivity index (χ0n) is 19.7. The van der Waals surface area contributed by atoms with Crippen LogP contribution in [0.2, 0.25) is 0 Å². The molecule has 5 heterocycles. The molecule has 8 nitrogen and oxygen atoms in total. The van der Waals surface area contributed by atoms with Crippen molar-refractivity contribution in [2.24, 2.45) is 10.7 Å². The molecule has 0 saturated heterocycles. The van der Waals surface area contributed by atoms with Gasteiger partial charge in [0.2, 0.25) is 5.91 Å². The molecule has 2 aromatic rings. The first kappa shape index (κ1) is 21.9. The fourth-order valence-corrected chi connectivity index (χ4v) is 5.71. The molecule has 8 heteroatoms. The van der Waals surface area contributed by atoms with Crippen LogP contribution in [0.5, 0.6) is 11.5 Å². The van der Waals surface area contributed by atoms with Crippen LogP contribution in [0.25, 0.3) is 0 Å². The summed E-state index contributed by atoms with van der Waals surface area (Å²) >= 11 is 0. The number of nitrogens with two attached hydrogens (primary N) is 1. The van der Waals surface area contributed by atoms with E-state index in [2.05, 4.69) is 17.4 Å². The summed E-state index contributed by atoms with van der Waals surface area (Å²) in [4.78, 5) is 32.9. The third kappa shape index (κ3) is 4.11. The van der Waals surface area contributed by atoms with Crippen LogP contribution < -0.4 is 20.5 Å². The van der Waals surface area contributed by atoms with Gasteiger partial charge < -0.3 is 20.5 Å². The van der Waals surface area contributed by atoms with Crippen molar-refractivity contribution in [2.45, 2.75) is 63.1 Å². The summed E-state index contributed by atoms with van der Waals surface area (Å²) in [6.07, 6.45) is 5.39. The van der Waals surface area contributed by atoms with Gasteiger partial charge >= 0.3 is 0 Å². The van der Waals surface area contributed by atoms with E-state index in [-0.39, 0.29) is 35.9 Å². The monoisotopic (exact) mass is 474 g/mol. The summed E-state index contributed by atoms with van der Waals surface area (Å²) in [6.45, 7) is 1.04. The average Bonchev–Trinajstić information content (AvgIpc) is 2.86. The molecule has 2 aromatic carbocycles. The summed E-state index contributed by atoms with van der Waals surface area (Å²) in [5.41, 5.74) is 9.94. The Morgan fingerprint density at radius 2 is 1.74 bits per heavy atom. The highest BCUT2D eigenvalue weighted by molar-refractivity contribution is 5.99. The van der Waals surface area contributed by atoms with Crippen molar-refractivity contribution in [1.82, 2.24) is 10.2 Å². The lowest BCUT2D eigenvalue weighted by Gasteiger charge is -2.38. The van der Waals surface area contributed by atoms with Crippen molar-refractivity contribution < 1.29 is 19.1 Å². The molecule has 182 valence electrons. The number of rotatable bonds is 0. The van der Waals surface area contributed by atoms with Crippen molar-refractivity contribution >= 4 is 17.8 Å². The van der Waals surface area contributed by atoms with E-state index in [4.69, 9.17) is 20.2 Å². The van der Waals surface area contributed by atoms with Crippen LogP contribution in [-0.2, 0) is 11.2 Å². The Hall–Kier alpha value is -3.55. The minimum Gasteiger partial charge on any atom is -0.493 e. The first-order valence-corrected chi connectivity index (χ1v) is 12.6. The lowest BCUT2D eigenvalue weighted by Crippen LogP contribution is -2.50. The highest BCUT2D eigenvalue weighted by atomic mass is 16.5. The zero-order chi connectivity index (χ0) is 23.9. The highest BCUT2D eigenvalue weighted by Crippen LogP contribution is 2.39. The second-order valence-corrected chi connectivity index (χ2v) is 9.80. The van der Waals surface area contributed by atoms with Gasteiger partial charge in [-0.05, 0) is 49.1 Å². The van der Waals surface area contributed by atoms with E-state index in [1.54, 1.807) is 11.0 Å². The Morgan fingerprint density at radius 3 is 2.60 bits per heavy atom. The number of guanidine groups is 1. The van der Waals surface area contributed by atoms with Gasteiger partial charge in [0, 0.05) is 36.0 Å². The minimum atomic E-state index is -0.297. The van der Waals surface area contributed by atoms with Crippen LogP contribution in [0.15, 0.2) is 41.4 Å². The molecule has 2 unspecified atom stereocenters. The lowest BCUT2D eigenvalue weighted by molar-refractivity contribution is -0.130. The van der Waals surface area contributed by atoms with Crippen molar-refractivity contribution in [3.05, 3.63) is 58.7 Å². The molecule has 35 heavy (non-hydrogen) atoms. The molecular formula is C27H30N4O4. The number of hydrogen-bond donors (Lipinski definition) is 2. The number of ether oxygens (including phenoxy) is 2. The Kier molecular flexibility index (Phi) is 5.59. The molecule has 5 aliphatic rings. The Bertz CT molecular complexity index is 1210. The molecule has 3 atom stereocenters. The molecule has 0 spiro atoms. The van der Waals surface area contributed by atoms with E-state index in [9.17, 15) is 9.59 Å². The number of fused-ring (bicyclic) bond motifs is 5. The van der Waals surface area contributed by atoms with Gasteiger partial charge in [-0.3, -0.25) is 14.5 Å². The van der Waals surface area contributed by atoms with Crippen LogP contribution in [0.1, 0.15) is 77.7 Å².